The molecule has 1 aromatic heterocycles. The monoisotopic (exact) mass is 315 g/mol. The average molecular weight is 315 g/mol. The minimum atomic E-state index is -0.557. The first-order valence-electron chi connectivity index (χ1n) is 7.05. The highest BCUT2D eigenvalue weighted by Crippen LogP contribution is 2.22. The van der Waals surface area contributed by atoms with Crippen LogP contribution < -0.4 is 10.2 Å². The summed E-state index contributed by atoms with van der Waals surface area (Å²) in [6.45, 7) is 0.428. The maximum Gasteiger partial charge on any atom is 0.414 e. The van der Waals surface area contributed by atoms with Crippen molar-refractivity contribution in [2.75, 3.05) is 18.0 Å². The van der Waals surface area contributed by atoms with Gasteiger partial charge in [0.25, 0.3) is 5.91 Å². The van der Waals surface area contributed by atoms with Crippen molar-refractivity contribution >= 4 is 17.7 Å². The van der Waals surface area contributed by atoms with Gasteiger partial charge in [0.1, 0.15) is 11.9 Å². The number of ether oxygens (including phenoxy) is 1. The van der Waals surface area contributed by atoms with E-state index < -0.39 is 18.0 Å². The number of benzene rings is 1. The largest absolute Gasteiger partial charge is 0.442 e. The average Bonchev–Trinajstić information content (AvgIpc) is 2.94. The highest BCUT2D eigenvalue weighted by Gasteiger charge is 2.32. The van der Waals surface area contributed by atoms with Crippen LogP contribution in [-0.2, 0) is 4.74 Å². The van der Waals surface area contributed by atoms with E-state index in [0.29, 0.717) is 11.3 Å². The highest BCUT2D eigenvalue weighted by molar-refractivity contribution is 5.94. The Kier molecular flexibility index (Phi) is 4.18. The molecule has 1 aliphatic heterocycles. The summed E-state index contributed by atoms with van der Waals surface area (Å²) in [5, 5.41) is 2.70. The third-order valence-electron chi connectivity index (χ3n) is 3.43. The molecule has 0 spiro atoms. The first-order chi connectivity index (χ1) is 11.1. The smallest absolute Gasteiger partial charge is 0.414 e. The van der Waals surface area contributed by atoms with Crippen LogP contribution in [0.1, 0.15) is 10.4 Å². The predicted molar refractivity (Wildman–Crippen MR) is 80.6 cm³/mol. The molecule has 2 amide bonds. The number of nitrogens with zero attached hydrogens (tertiary/aromatic N) is 2. The van der Waals surface area contributed by atoms with E-state index in [9.17, 15) is 14.0 Å². The molecule has 2 aromatic rings. The Balaban J connectivity index is 1.59. The number of hydrogen-bond acceptors (Lipinski definition) is 4. The van der Waals surface area contributed by atoms with Crippen LogP contribution in [0.3, 0.4) is 0 Å². The molecule has 0 bridgehead atoms. The highest BCUT2D eigenvalue weighted by atomic mass is 19.1. The number of pyridine rings is 1. The zero-order valence-corrected chi connectivity index (χ0v) is 12.1. The van der Waals surface area contributed by atoms with Crippen LogP contribution in [0, 0.1) is 5.82 Å². The van der Waals surface area contributed by atoms with Crippen molar-refractivity contribution in [1.82, 2.24) is 10.3 Å². The maximum absolute atomic E-state index is 13.2. The lowest BCUT2D eigenvalue weighted by atomic mass is 10.2. The number of halogens is 1. The summed E-state index contributed by atoms with van der Waals surface area (Å²) in [6, 6.07) is 8.90. The fourth-order valence-electron chi connectivity index (χ4n) is 2.29. The lowest BCUT2D eigenvalue weighted by Crippen LogP contribution is -2.34. The zero-order valence-electron chi connectivity index (χ0n) is 12.1. The van der Waals surface area contributed by atoms with Crippen molar-refractivity contribution in [3.8, 4) is 0 Å². The molecule has 1 unspecified atom stereocenters. The second kappa shape index (κ2) is 6.43. The van der Waals surface area contributed by atoms with Crippen LogP contribution in [0.15, 0.2) is 48.8 Å². The topological polar surface area (TPSA) is 71.5 Å². The van der Waals surface area contributed by atoms with E-state index in [1.165, 1.54) is 35.5 Å². The molecule has 6 nitrogen and oxygen atoms in total. The third-order valence-corrected chi connectivity index (χ3v) is 3.43. The number of cyclic esters (lactones) is 1. The van der Waals surface area contributed by atoms with Crippen LogP contribution in [0.2, 0.25) is 0 Å². The fraction of sp³-hybridized carbons (Fsp3) is 0.188. The van der Waals surface area contributed by atoms with E-state index in [4.69, 9.17) is 4.74 Å². The predicted octanol–water partition coefficient (Wildman–Crippen LogP) is 1.98. The number of hydrogen-bond donors (Lipinski definition) is 1. The molecule has 23 heavy (non-hydrogen) atoms. The van der Waals surface area contributed by atoms with Gasteiger partial charge in [0, 0.05) is 18.0 Å². The number of amides is 2. The zero-order chi connectivity index (χ0) is 16.2. The molecular weight excluding hydrogens is 301 g/mol. The van der Waals surface area contributed by atoms with Crippen LogP contribution in [0.5, 0.6) is 0 Å². The molecule has 0 aliphatic carbocycles. The summed E-state index contributed by atoms with van der Waals surface area (Å²) in [4.78, 5) is 29.0. The molecule has 7 heteroatoms. The molecule has 0 radical (unpaired) electrons. The molecule has 3 rings (SSSR count). The number of rotatable bonds is 4. The number of carbonyl (C=O) groups excluding carboxylic acids is 2. The normalized spacial score (nSPS) is 17.0. The van der Waals surface area contributed by atoms with Crippen molar-refractivity contribution in [2.45, 2.75) is 6.10 Å². The maximum atomic E-state index is 13.2. The van der Waals surface area contributed by atoms with E-state index in [1.807, 2.05) is 0 Å². The molecule has 1 N–H and O–H groups in total. The molecule has 118 valence electrons. The second-order valence-corrected chi connectivity index (χ2v) is 5.04. The number of carbonyl (C=O) groups is 2. The van der Waals surface area contributed by atoms with Crippen molar-refractivity contribution in [1.29, 1.82) is 0 Å². The number of anilines is 1. The van der Waals surface area contributed by atoms with Gasteiger partial charge >= 0.3 is 6.09 Å². The van der Waals surface area contributed by atoms with Crippen LogP contribution in [0.4, 0.5) is 14.9 Å². The van der Waals surface area contributed by atoms with E-state index in [0.717, 1.165) is 0 Å². The van der Waals surface area contributed by atoms with E-state index >= 15 is 0 Å². The fourth-order valence-corrected chi connectivity index (χ4v) is 2.29. The van der Waals surface area contributed by atoms with Gasteiger partial charge in [0.05, 0.1) is 18.8 Å². The SMILES string of the molecule is O=C(NCC1CN(c2cccc(F)c2)C(=O)O1)c1ccncc1. The Labute approximate surface area is 131 Å². The Hall–Kier alpha value is -2.96. The van der Waals surface area contributed by atoms with Gasteiger partial charge in [-0.1, -0.05) is 6.07 Å². The Morgan fingerprint density at radius 2 is 2.13 bits per heavy atom. The Morgan fingerprint density at radius 1 is 1.35 bits per heavy atom. The molecule has 1 aromatic carbocycles. The minimum Gasteiger partial charge on any atom is -0.442 e. The van der Waals surface area contributed by atoms with Gasteiger partial charge < -0.3 is 10.1 Å². The third kappa shape index (κ3) is 3.45. The standard InChI is InChI=1S/C16H14FN3O3/c17-12-2-1-3-13(8-12)20-10-14(23-16(20)22)9-19-15(21)11-4-6-18-7-5-11/h1-8,14H,9-10H2,(H,19,21). The van der Waals surface area contributed by atoms with E-state index in [1.54, 1.807) is 18.2 Å². The van der Waals surface area contributed by atoms with Gasteiger partial charge in [-0.2, -0.15) is 0 Å². The van der Waals surface area contributed by atoms with E-state index in [2.05, 4.69) is 10.3 Å². The van der Waals surface area contributed by atoms with Crippen molar-refractivity contribution in [2.24, 2.45) is 0 Å². The molecular formula is C16H14FN3O3. The van der Waals surface area contributed by atoms with Crippen LogP contribution >= 0.6 is 0 Å². The molecule has 2 heterocycles. The lowest BCUT2D eigenvalue weighted by molar-refractivity contribution is 0.0916. The molecule has 1 fully saturated rings. The molecule has 1 atom stereocenters. The first-order valence-corrected chi connectivity index (χ1v) is 7.05. The summed E-state index contributed by atoms with van der Waals surface area (Å²) < 4.78 is 18.4. The van der Waals surface area contributed by atoms with Gasteiger partial charge in [0.15, 0.2) is 0 Å². The summed E-state index contributed by atoms with van der Waals surface area (Å²) in [6.07, 6.45) is 2.00. The lowest BCUT2D eigenvalue weighted by Gasteiger charge is -2.13. The van der Waals surface area contributed by atoms with Crippen LogP contribution in [0.25, 0.3) is 0 Å². The second-order valence-electron chi connectivity index (χ2n) is 5.04. The molecule has 0 saturated carbocycles. The summed E-state index contributed by atoms with van der Waals surface area (Å²) in [5.41, 5.74) is 0.907. The first kappa shape index (κ1) is 15.0. The molecule has 1 saturated heterocycles. The Morgan fingerprint density at radius 3 is 2.87 bits per heavy atom. The number of aromatic nitrogens is 1. The summed E-state index contributed by atoms with van der Waals surface area (Å²) >= 11 is 0. The summed E-state index contributed by atoms with van der Waals surface area (Å²) in [5.74, 6) is -0.697. The minimum absolute atomic E-state index is 0.179. The Bertz CT molecular complexity index is 724. The van der Waals surface area contributed by atoms with Gasteiger partial charge in [-0.05, 0) is 30.3 Å². The molecule has 1 aliphatic rings. The van der Waals surface area contributed by atoms with Crippen molar-refractivity contribution < 1.29 is 18.7 Å². The quantitative estimate of drug-likeness (QED) is 0.936. The van der Waals surface area contributed by atoms with Crippen LogP contribution in [-0.4, -0.2) is 36.2 Å². The van der Waals surface area contributed by atoms with Gasteiger partial charge in [-0.3, -0.25) is 14.7 Å². The summed E-state index contributed by atoms with van der Waals surface area (Å²) in [7, 11) is 0. The van der Waals surface area contributed by atoms with Crippen molar-refractivity contribution in [3.63, 3.8) is 0 Å². The van der Waals surface area contributed by atoms with Crippen molar-refractivity contribution in [3.05, 3.63) is 60.2 Å². The van der Waals surface area contributed by atoms with E-state index in [-0.39, 0.29) is 19.0 Å². The van der Waals surface area contributed by atoms with Gasteiger partial charge in [0.2, 0.25) is 0 Å². The van der Waals surface area contributed by atoms with Gasteiger partial charge in [-0.25, -0.2) is 9.18 Å². The number of nitrogens with one attached hydrogen (secondary N) is 1. The van der Waals surface area contributed by atoms with Gasteiger partial charge in [-0.15, -0.1) is 0 Å².